The van der Waals surface area contributed by atoms with Crippen molar-refractivity contribution in [2.24, 2.45) is 0 Å². The van der Waals surface area contributed by atoms with Crippen LogP contribution in [-0.4, -0.2) is 50.3 Å². The molecule has 5 heteroatoms. The van der Waals surface area contributed by atoms with Crippen LogP contribution in [0.4, 0.5) is 5.69 Å². The third-order valence-corrected chi connectivity index (χ3v) is 4.39. The van der Waals surface area contributed by atoms with Gasteiger partial charge in [-0.2, -0.15) is 0 Å². The molecule has 0 unspecified atom stereocenters. The second-order valence-corrected chi connectivity index (χ2v) is 6.21. The molecule has 1 fully saturated rings. The summed E-state index contributed by atoms with van der Waals surface area (Å²) in [5.74, 6) is -0.127. The zero-order valence-electron chi connectivity index (χ0n) is 13.5. The number of rotatable bonds is 3. The van der Waals surface area contributed by atoms with Crippen LogP contribution in [0.25, 0.3) is 10.8 Å². The van der Waals surface area contributed by atoms with Crippen molar-refractivity contribution >= 4 is 22.4 Å². The summed E-state index contributed by atoms with van der Waals surface area (Å²) in [6.07, 6.45) is 0.195. The van der Waals surface area contributed by atoms with E-state index in [4.69, 9.17) is 0 Å². The molecule has 0 bridgehead atoms. The molecule has 5 nitrogen and oxygen atoms in total. The van der Waals surface area contributed by atoms with Crippen molar-refractivity contribution in [1.29, 1.82) is 0 Å². The minimum Gasteiger partial charge on any atom is -0.390 e. The zero-order valence-corrected chi connectivity index (χ0v) is 13.5. The number of nitrogens with zero attached hydrogens (tertiary/aromatic N) is 1. The van der Waals surface area contributed by atoms with Gasteiger partial charge in [-0.25, -0.2) is 0 Å². The van der Waals surface area contributed by atoms with Gasteiger partial charge in [-0.05, 0) is 30.5 Å². The smallest absolute Gasteiger partial charge is 0.252 e. The van der Waals surface area contributed by atoms with Gasteiger partial charge in [0.15, 0.2) is 0 Å². The first-order valence-corrected chi connectivity index (χ1v) is 7.96. The highest BCUT2D eigenvalue weighted by molar-refractivity contribution is 6.10. The molecule has 3 N–H and O–H groups in total. The van der Waals surface area contributed by atoms with Crippen molar-refractivity contribution in [1.82, 2.24) is 10.6 Å². The highest BCUT2D eigenvalue weighted by atomic mass is 16.3. The number of carbonyl (C=O) groups excluding carboxylic acids is 1. The van der Waals surface area contributed by atoms with Crippen LogP contribution in [0, 0.1) is 0 Å². The van der Waals surface area contributed by atoms with Crippen molar-refractivity contribution < 1.29 is 9.90 Å². The van der Waals surface area contributed by atoms with Crippen LogP contribution in [-0.2, 0) is 0 Å². The van der Waals surface area contributed by atoms with Crippen molar-refractivity contribution in [2.45, 2.75) is 18.6 Å². The highest BCUT2D eigenvalue weighted by Gasteiger charge is 2.25. The Morgan fingerprint density at radius 2 is 1.96 bits per heavy atom. The van der Waals surface area contributed by atoms with Crippen molar-refractivity contribution in [3.8, 4) is 0 Å². The molecule has 1 heterocycles. The summed E-state index contributed by atoms with van der Waals surface area (Å²) in [5, 5.41) is 18.1. The summed E-state index contributed by atoms with van der Waals surface area (Å²) >= 11 is 0. The van der Waals surface area contributed by atoms with Gasteiger partial charge in [0.25, 0.3) is 5.91 Å². The molecule has 1 aliphatic heterocycles. The minimum absolute atomic E-state index is 0.127. The number of hydrogen-bond acceptors (Lipinski definition) is 4. The van der Waals surface area contributed by atoms with Crippen LogP contribution in [0.2, 0.25) is 0 Å². The Balaban J connectivity index is 1.93. The first-order chi connectivity index (χ1) is 11.1. The van der Waals surface area contributed by atoms with Crippen molar-refractivity contribution in [3.63, 3.8) is 0 Å². The van der Waals surface area contributed by atoms with Crippen LogP contribution >= 0.6 is 0 Å². The summed E-state index contributed by atoms with van der Waals surface area (Å²) in [6.45, 7) is 1.33. The number of aliphatic hydroxyl groups is 1. The topological polar surface area (TPSA) is 64.6 Å². The molecule has 0 spiro atoms. The molecule has 0 aliphatic carbocycles. The second-order valence-electron chi connectivity index (χ2n) is 6.21. The molecule has 1 aliphatic rings. The average Bonchev–Trinajstić information content (AvgIpc) is 2.55. The van der Waals surface area contributed by atoms with Gasteiger partial charge in [0.2, 0.25) is 0 Å². The molecule has 3 rings (SSSR count). The van der Waals surface area contributed by atoms with Crippen molar-refractivity contribution in [2.75, 3.05) is 32.1 Å². The predicted molar refractivity (Wildman–Crippen MR) is 93.0 cm³/mol. The summed E-state index contributed by atoms with van der Waals surface area (Å²) in [6, 6.07) is 11.6. The number of β-amino-alcohol motifs (C(OH)–C–C–N with tert-alkyl or cyclic N) is 1. The lowest BCUT2D eigenvalue weighted by Crippen LogP contribution is -2.52. The normalized spacial score (nSPS) is 21.2. The van der Waals surface area contributed by atoms with E-state index in [-0.39, 0.29) is 11.9 Å². The largest absolute Gasteiger partial charge is 0.390 e. The van der Waals surface area contributed by atoms with Crippen LogP contribution in [0.5, 0.6) is 0 Å². The number of nitrogens with one attached hydrogen (secondary N) is 2. The first-order valence-electron chi connectivity index (χ1n) is 7.96. The van der Waals surface area contributed by atoms with E-state index in [1.54, 1.807) is 0 Å². The molecule has 2 aromatic carbocycles. The minimum atomic E-state index is -0.542. The molecular weight excluding hydrogens is 290 g/mol. The van der Waals surface area contributed by atoms with Gasteiger partial charge in [-0.15, -0.1) is 0 Å². The highest BCUT2D eigenvalue weighted by Crippen LogP contribution is 2.28. The molecule has 2 aromatic rings. The maximum Gasteiger partial charge on any atom is 0.252 e. The van der Waals surface area contributed by atoms with Crippen LogP contribution in [0.3, 0.4) is 0 Å². The van der Waals surface area contributed by atoms with E-state index >= 15 is 0 Å². The Labute approximate surface area is 136 Å². The third kappa shape index (κ3) is 3.16. The van der Waals surface area contributed by atoms with Crippen LogP contribution in [0.1, 0.15) is 16.8 Å². The number of anilines is 1. The van der Waals surface area contributed by atoms with Gasteiger partial charge in [-0.1, -0.05) is 24.3 Å². The van der Waals surface area contributed by atoms with Gasteiger partial charge >= 0.3 is 0 Å². The molecule has 2 atom stereocenters. The zero-order chi connectivity index (χ0) is 16.4. The molecule has 0 saturated carbocycles. The maximum absolute atomic E-state index is 12.7. The van der Waals surface area contributed by atoms with E-state index in [9.17, 15) is 9.90 Å². The van der Waals surface area contributed by atoms with Gasteiger partial charge in [0.05, 0.1) is 12.1 Å². The molecular formula is C18H23N3O2. The number of carbonyl (C=O) groups is 1. The molecule has 1 amide bonds. The molecule has 0 radical (unpaired) electrons. The Morgan fingerprint density at radius 1 is 1.22 bits per heavy atom. The SMILES string of the molecule is CN(C)c1ccc(C(=O)N[C@@H]2CCNC[C@H]2O)c2ccccc12. The van der Waals surface area contributed by atoms with E-state index in [1.165, 1.54) is 0 Å². The van der Waals surface area contributed by atoms with Gasteiger partial charge in [0, 0.05) is 37.3 Å². The number of fused-ring (bicyclic) bond motifs is 1. The fourth-order valence-corrected chi connectivity index (χ4v) is 3.13. The van der Waals surface area contributed by atoms with Crippen molar-refractivity contribution in [3.05, 3.63) is 42.0 Å². The lowest BCUT2D eigenvalue weighted by Gasteiger charge is -2.29. The molecule has 0 aromatic heterocycles. The van der Waals surface area contributed by atoms with E-state index in [1.807, 2.05) is 55.4 Å². The van der Waals surface area contributed by atoms with E-state index in [2.05, 4.69) is 10.6 Å². The summed E-state index contributed by atoms with van der Waals surface area (Å²) in [5.41, 5.74) is 1.73. The number of piperidine rings is 1. The lowest BCUT2D eigenvalue weighted by molar-refractivity contribution is 0.0766. The van der Waals surface area contributed by atoms with E-state index < -0.39 is 6.10 Å². The van der Waals surface area contributed by atoms with Gasteiger partial charge < -0.3 is 20.6 Å². The van der Waals surface area contributed by atoms with E-state index in [0.29, 0.717) is 12.1 Å². The summed E-state index contributed by atoms with van der Waals surface area (Å²) in [7, 11) is 3.99. The van der Waals surface area contributed by atoms with Gasteiger partial charge in [0.1, 0.15) is 0 Å². The Hall–Kier alpha value is -2.11. The quantitative estimate of drug-likeness (QED) is 0.800. The Morgan fingerprint density at radius 3 is 2.65 bits per heavy atom. The predicted octanol–water partition coefficient (Wildman–Crippen LogP) is 1.36. The Bertz CT molecular complexity index is 714. The maximum atomic E-state index is 12.7. The number of hydrogen-bond donors (Lipinski definition) is 3. The number of benzene rings is 2. The van der Waals surface area contributed by atoms with Crippen LogP contribution < -0.4 is 15.5 Å². The summed E-state index contributed by atoms with van der Waals surface area (Å²) in [4.78, 5) is 14.7. The molecule has 23 heavy (non-hydrogen) atoms. The fourth-order valence-electron chi connectivity index (χ4n) is 3.13. The monoisotopic (exact) mass is 313 g/mol. The molecule has 1 saturated heterocycles. The summed E-state index contributed by atoms with van der Waals surface area (Å²) < 4.78 is 0. The number of amides is 1. The third-order valence-electron chi connectivity index (χ3n) is 4.39. The average molecular weight is 313 g/mol. The lowest BCUT2D eigenvalue weighted by atomic mass is 9.99. The fraction of sp³-hybridized carbons (Fsp3) is 0.389. The standard InChI is InChI=1S/C18H23N3O2/c1-21(2)16-8-7-14(12-5-3-4-6-13(12)16)18(23)20-15-9-10-19-11-17(15)22/h3-8,15,17,19,22H,9-11H2,1-2H3,(H,20,23)/t15-,17-/m1/s1. The second kappa shape index (κ2) is 6.56. The van der Waals surface area contributed by atoms with Gasteiger partial charge in [-0.3, -0.25) is 4.79 Å². The van der Waals surface area contributed by atoms with E-state index in [0.717, 1.165) is 29.4 Å². The first kappa shape index (κ1) is 15.8. The Kier molecular flexibility index (Phi) is 4.50. The number of aliphatic hydroxyl groups excluding tert-OH is 1. The van der Waals surface area contributed by atoms with Crippen LogP contribution in [0.15, 0.2) is 36.4 Å². The molecule has 122 valence electrons.